The van der Waals surface area contributed by atoms with Gasteiger partial charge in [0.25, 0.3) is 5.56 Å². The first kappa shape index (κ1) is 17.8. The van der Waals surface area contributed by atoms with Gasteiger partial charge in [0.15, 0.2) is 0 Å². The van der Waals surface area contributed by atoms with E-state index in [4.69, 9.17) is 12.2 Å². The lowest BCUT2D eigenvalue weighted by molar-refractivity contribution is 0.100. The number of carbonyl (C=O) groups is 1. The van der Waals surface area contributed by atoms with Crippen LogP contribution in [0.5, 0.6) is 0 Å². The molecule has 3 aromatic rings. The molecule has 1 aliphatic carbocycles. The summed E-state index contributed by atoms with van der Waals surface area (Å²) in [7, 11) is 0. The van der Waals surface area contributed by atoms with Crippen molar-refractivity contribution in [2.75, 3.05) is 11.4 Å². The second kappa shape index (κ2) is 6.86. The van der Waals surface area contributed by atoms with Crippen molar-refractivity contribution < 1.29 is 4.79 Å². The summed E-state index contributed by atoms with van der Waals surface area (Å²) in [6.45, 7) is 2.20. The van der Waals surface area contributed by atoms with Crippen LogP contribution in [0.15, 0.2) is 41.2 Å². The van der Waals surface area contributed by atoms with Crippen LogP contribution in [-0.4, -0.2) is 22.4 Å². The van der Waals surface area contributed by atoms with Gasteiger partial charge in [-0.25, -0.2) is 4.98 Å². The van der Waals surface area contributed by atoms with Gasteiger partial charge < -0.3 is 15.6 Å². The van der Waals surface area contributed by atoms with Gasteiger partial charge in [0, 0.05) is 11.3 Å². The molecule has 2 aromatic carbocycles. The Morgan fingerprint density at radius 2 is 2.11 bits per heavy atom. The molecule has 6 heteroatoms. The van der Waals surface area contributed by atoms with Gasteiger partial charge in [-0.15, -0.1) is 6.42 Å². The van der Waals surface area contributed by atoms with Crippen LogP contribution < -0.4 is 16.2 Å². The molecule has 1 atom stereocenters. The molecule has 0 aliphatic heterocycles. The second-order valence-electron chi connectivity index (χ2n) is 7.02. The maximum atomic E-state index is 12.4. The minimum absolute atomic E-state index is 0.0515. The summed E-state index contributed by atoms with van der Waals surface area (Å²) >= 11 is 0. The highest BCUT2D eigenvalue weighted by Crippen LogP contribution is 2.39. The monoisotopic (exact) mass is 372 g/mol. The van der Waals surface area contributed by atoms with Gasteiger partial charge in [-0.3, -0.25) is 9.59 Å². The number of hydrogen-bond acceptors (Lipinski definition) is 4. The third-order valence-electron chi connectivity index (χ3n) is 5.25. The van der Waals surface area contributed by atoms with E-state index < -0.39 is 5.91 Å². The molecule has 4 rings (SSSR count). The number of terminal acetylenes is 1. The number of hydrogen-bond donors (Lipinski definition) is 2. The van der Waals surface area contributed by atoms with E-state index in [2.05, 4.69) is 20.8 Å². The number of benzene rings is 2. The highest BCUT2D eigenvalue weighted by molar-refractivity contribution is 5.93. The van der Waals surface area contributed by atoms with Crippen molar-refractivity contribution in [3.05, 3.63) is 69.3 Å². The Balaban J connectivity index is 1.78. The fourth-order valence-corrected chi connectivity index (χ4v) is 3.96. The zero-order valence-electron chi connectivity index (χ0n) is 15.5. The SMILES string of the molecule is C#CCN(c1ccc(C(N)=O)cc1)C1CCc2cc3nc(C)[nH]c(=O)c3cc21. The minimum atomic E-state index is -0.463. The molecule has 3 N–H and O–H groups in total. The van der Waals surface area contributed by atoms with Gasteiger partial charge in [0.05, 0.1) is 23.5 Å². The summed E-state index contributed by atoms with van der Waals surface area (Å²) in [5.74, 6) is 2.87. The van der Waals surface area contributed by atoms with Crippen LogP contribution >= 0.6 is 0 Å². The summed E-state index contributed by atoms with van der Waals surface area (Å²) in [4.78, 5) is 33.1. The van der Waals surface area contributed by atoms with Crippen LogP contribution in [0.3, 0.4) is 0 Å². The minimum Gasteiger partial charge on any atom is -0.366 e. The first-order chi connectivity index (χ1) is 13.5. The van der Waals surface area contributed by atoms with Crippen LogP contribution in [0.2, 0.25) is 0 Å². The number of nitrogens with one attached hydrogen (secondary N) is 1. The Kier molecular flexibility index (Phi) is 4.36. The molecular formula is C22H20N4O2. The van der Waals surface area contributed by atoms with Crippen molar-refractivity contribution >= 4 is 22.5 Å². The highest BCUT2D eigenvalue weighted by Gasteiger charge is 2.29. The molecule has 6 nitrogen and oxygen atoms in total. The lowest BCUT2D eigenvalue weighted by atomic mass is 10.0. The standard InChI is InChI=1S/C22H20N4O2/c1-3-10-26(16-7-4-14(5-8-16)21(23)27)20-9-6-15-11-19-18(12-17(15)20)22(28)25-13(2)24-19/h1,4-5,7-8,11-12,20H,6,9-10H2,2H3,(H2,23,27)(H,24,25,28). The van der Waals surface area contributed by atoms with Crippen LogP contribution in [-0.2, 0) is 6.42 Å². The Bertz CT molecular complexity index is 1170. The van der Waals surface area contributed by atoms with Gasteiger partial charge in [-0.2, -0.15) is 0 Å². The Morgan fingerprint density at radius 1 is 1.36 bits per heavy atom. The van der Waals surface area contributed by atoms with Crippen LogP contribution in [0.25, 0.3) is 10.9 Å². The quantitative estimate of drug-likeness (QED) is 0.688. The third-order valence-corrected chi connectivity index (χ3v) is 5.25. The number of anilines is 1. The molecule has 0 spiro atoms. The molecule has 140 valence electrons. The number of amides is 1. The predicted octanol–water partition coefficient (Wildman–Crippen LogP) is 2.46. The maximum Gasteiger partial charge on any atom is 0.258 e. The molecule has 1 aliphatic rings. The van der Waals surface area contributed by atoms with Crippen molar-refractivity contribution in [2.24, 2.45) is 5.73 Å². The predicted molar refractivity (Wildman–Crippen MR) is 109 cm³/mol. The largest absolute Gasteiger partial charge is 0.366 e. The van der Waals surface area contributed by atoms with Crippen LogP contribution in [0.1, 0.15) is 39.8 Å². The number of H-pyrrole nitrogens is 1. The van der Waals surface area contributed by atoms with E-state index in [-0.39, 0.29) is 11.6 Å². The van der Waals surface area contributed by atoms with Gasteiger partial charge in [0.2, 0.25) is 5.91 Å². The summed E-state index contributed by atoms with van der Waals surface area (Å²) in [5, 5.41) is 0.584. The molecule has 1 aromatic heterocycles. The smallest absolute Gasteiger partial charge is 0.258 e. The lowest BCUT2D eigenvalue weighted by Gasteiger charge is -2.30. The summed E-state index contributed by atoms with van der Waals surface area (Å²) in [5.41, 5.74) is 9.57. The van der Waals surface area contributed by atoms with Crippen molar-refractivity contribution in [2.45, 2.75) is 25.8 Å². The van der Waals surface area contributed by atoms with Crippen molar-refractivity contribution in [1.29, 1.82) is 0 Å². The number of aryl methyl sites for hydroxylation is 2. The molecule has 0 bridgehead atoms. The zero-order valence-corrected chi connectivity index (χ0v) is 15.5. The van der Waals surface area contributed by atoms with Gasteiger partial charge in [-0.05, 0) is 67.3 Å². The maximum absolute atomic E-state index is 12.4. The number of carbonyl (C=O) groups excluding carboxylic acids is 1. The molecule has 1 heterocycles. The van der Waals surface area contributed by atoms with E-state index in [1.807, 2.05) is 24.3 Å². The van der Waals surface area contributed by atoms with E-state index >= 15 is 0 Å². The summed E-state index contributed by atoms with van der Waals surface area (Å²) in [6.07, 6.45) is 7.42. The highest BCUT2D eigenvalue weighted by atomic mass is 16.1. The average Bonchev–Trinajstić information content (AvgIpc) is 3.07. The van der Waals surface area contributed by atoms with Gasteiger partial charge in [0.1, 0.15) is 5.82 Å². The summed E-state index contributed by atoms with van der Waals surface area (Å²) in [6, 6.07) is 11.1. The third kappa shape index (κ3) is 3.01. The van der Waals surface area contributed by atoms with Crippen molar-refractivity contribution in [3.8, 4) is 12.3 Å². The van der Waals surface area contributed by atoms with E-state index in [0.717, 1.165) is 29.6 Å². The van der Waals surface area contributed by atoms with Crippen LogP contribution in [0.4, 0.5) is 5.69 Å². The molecule has 1 amide bonds. The van der Waals surface area contributed by atoms with E-state index in [0.29, 0.717) is 23.3 Å². The number of primary amides is 1. The average molecular weight is 372 g/mol. The number of nitrogens with zero attached hydrogens (tertiary/aromatic N) is 2. The molecule has 28 heavy (non-hydrogen) atoms. The fraction of sp³-hybridized carbons (Fsp3) is 0.227. The Hall–Kier alpha value is -3.59. The number of nitrogens with two attached hydrogens (primary N) is 1. The van der Waals surface area contributed by atoms with Crippen molar-refractivity contribution in [1.82, 2.24) is 9.97 Å². The number of rotatable bonds is 4. The second-order valence-corrected chi connectivity index (χ2v) is 7.02. The van der Waals surface area contributed by atoms with Gasteiger partial charge in [-0.1, -0.05) is 5.92 Å². The lowest BCUT2D eigenvalue weighted by Crippen LogP contribution is -2.28. The zero-order chi connectivity index (χ0) is 19.8. The molecule has 0 saturated heterocycles. The normalized spacial score (nSPS) is 15.2. The van der Waals surface area contributed by atoms with Crippen LogP contribution in [0, 0.1) is 19.3 Å². The van der Waals surface area contributed by atoms with Crippen molar-refractivity contribution in [3.63, 3.8) is 0 Å². The Labute approximate surface area is 162 Å². The Morgan fingerprint density at radius 3 is 2.79 bits per heavy atom. The van der Waals surface area contributed by atoms with E-state index in [1.54, 1.807) is 19.1 Å². The first-order valence-electron chi connectivity index (χ1n) is 9.11. The molecular weight excluding hydrogens is 352 g/mol. The first-order valence-corrected chi connectivity index (χ1v) is 9.11. The van der Waals surface area contributed by atoms with E-state index in [1.165, 1.54) is 5.56 Å². The summed E-state index contributed by atoms with van der Waals surface area (Å²) < 4.78 is 0. The van der Waals surface area contributed by atoms with E-state index in [9.17, 15) is 9.59 Å². The fourth-order valence-electron chi connectivity index (χ4n) is 3.96. The molecule has 0 radical (unpaired) electrons. The van der Waals surface area contributed by atoms with Gasteiger partial charge >= 0.3 is 0 Å². The molecule has 1 unspecified atom stereocenters. The number of fused-ring (bicyclic) bond motifs is 2. The number of aromatic nitrogens is 2. The molecule has 0 fully saturated rings. The molecule has 0 saturated carbocycles. The number of aromatic amines is 1. The topological polar surface area (TPSA) is 92.1 Å².